The summed E-state index contributed by atoms with van der Waals surface area (Å²) >= 11 is 0. The zero-order valence-corrected chi connectivity index (χ0v) is 10.7. The Labute approximate surface area is 111 Å². The van der Waals surface area contributed by atoms with Crippen molar-refractivity contribution in [3.05, 3.63) is 36.3 Å². The summed E-state index contributed by atoms with van der Waals surface area (Å²) in [4.78, 5) is 23.3. The van der Waals surface area contributed by atoms with Gasteiger partial charge in [0.1, 0.15) is 5.76 Å². The maximum Gasteiger partial charge on any atom is 0.307 e. The smallest absolute Gasteiger partial charge is 0.307 e. The molecule has 1 aromatic heterocycles. The van der Waals surface area contributed by atoms with Gasteiger partial charge >= 0.3 is 5.97 Å². The van der Waals surface area contributed by atoms with Crippen molar-refractivity contribution in [3.8, 4) is 0 Å². The van der Waals surface area contributed by atoms with E-state index >= 15 is 0 Å². The molecule has 0 fully saturated rings. The molecule has 2 N–H and O–H groups in total. The molecule has 0 saturated heterocycles. The highest BCUT2D eigenvalue weighted by molar-refractivity contribution is 5.85. The topological polar surface area (TPSA) is 79.5 Å². The van der Waals surface area contributed by atoms with Gasteiger partial charge in [-0.05, 0) is 31.9 Å². The summed E-state index contributed by atoms with van der Waals surface area (Å²) in [7, 11) is 0. The number of hydrogen-bond acceptors (Lipinski definition) is 3. The Morgan fingerprint density at radius 3 is 2.63 bits per heavy atom. The van der Waals surface area contributed by atoms with Crippen LogP contribution in [0.4, 0.5) is 0 Å². The Morgan fingerprint density at radius 2 is 2.05 bits per heavy atom. The normalized spacial score (nSPS) is 23.8. The maximum absolute atomic E-state index is 12.2. The summed E-state index contributed by atoms with van der Waals surface area (Å²) in [6.45, 7) is 1.81. The van der Waals surface area contributed by atoms with E-state index in [9.17, 15) is 9.59 Å². The van der Waals surface area contributed by atoms with E-state index < -0.39 is 17.8 Å². The predicted octanol–water partition coefficient (Wildman–Crippen LogP) is 2.12. The minimum atomic E-state index is -0.921. The number of furan rings is 1. The van der Waals surface area contributed by atoms with E-state index in [-0.39, 0.29) is 11.9 Å². The lowest BCUT2D eigenvalue weighted by atomic mass is 9.82. The van der Waals surface area contributed by atoms with Crippen molar-refractivity contribution in [2.75, 3.05) is 0 Å². The molecule has 1 unspecified atom stereocenters. The van der Waals surface area contributed by atoms with Gasteiger partial charge in [-0.25, -0.2) is 0 Å². The molecule has 0 spiro atoms. The van der Waals surface area contributed by atoms with Crippen molar-refractivity contribution in [3.63, 3.8) is 0 Å². The van der Waals surface area contributed by atoms with E-state index in [1.54, 1.807) is 18.4 Å². The van der Waals surface area contributed by atoms with E-state index in [0.717, 1.165) is 0 Å². The standard InChI is InChI=1S/C14H17NO4/c1-9(12-7-4-8-19-12)15-13(16)10-5-2-3-6-11(10)14(17)18/h2-4,7-11H,5-6H2,1H3,(H,15,16)(H,17,18)/t9?,10-,11+/m1/s1. The molecule has 0 saturated carbocycles. The van der Waals surface area contributed by atoms with Crippen molar-refractivity contribution in [1.82, 2.24) is 5.32 Å². The van der Waals surface area contributed by atoms with Gasteiger partial charge in [-0.3, -0.25) is 9.59 Å². The number of carboxylic acid groups (broad SMARTS) is 1. The molecule has 2 rings (SSSR count). The van der Waals surface area contributed by atoms with E-state index in [1.165, 1.54) is 0 Å². The van der Waals surface area contributed by atoms with E-state index in [4.69, 9.17) is 9.52 Å². The van der Waals surface area contributed by atoms with Gasteiger partial charge in [0.2, 0.25) is 5.91 Å². The fourth-order valence-corrected chi connectivity index (χ4v) is 2.31. The van der Waals surface area contributed by atoms with Gasteiger partial charge in [-0.2, -0.15) is 0 Å². The third kappa shape index (κ3) is 3.05. The molecule has 0 bridgehead atoms. The monoisotopic (exact) mass is 263 g/mol. The Morgan fingerprint density at radius 1 is 1.37 bits per heavy atom. The van der Waals surface area contributed by atoms with Gasteiger partial charge in [0, 0.05) is 0 Å². The van der Waals surface area contributed by atoms with Gasteiger partial charge in [-0.15, -0.1) is 0 Å². The van der Waals surface area contributed by atoms with Crippen LogP contribution in [-0.2, 0) is 9.59 Å². The number of aliphatic carboxylic acids is 1. The van der Waals surface area contributed by atoms with Crippen LogP contribution in [0.2, 0.25) is 0 Å². The number of nitrogens with one attached hydrogen (secondary N) is 1. The van der Waals surface area contributed by atoms with Crippen LogP contribution in [0.5, 0.6) is 0 Å². The fourth-order valence-electron chi connectivity index (χ4n) is 2.31. The number of carbonyl (C=O) groups excluding carboxylic acids is 1. The van der Waals surface area contributed by atoms with Crippen LogP contribution in [0.3, 0.4) is 0 Å². The lowest BCUT2D eigenvalue weighted by Gasteiger charge is -2.25. The average Bonchev–Trinajstić information content (AvgIpc) is 2.92. The molecular formula is C14H17NO4. The molecule has 0 radical (unpaired) electrons. The first-order valence-corrected chi connectivity index (χ1v) is 6.31. The van der Waals surface area contributed by atoms with Crippen molar-refractivity contribution in [2.45, 2.75) is 25.8 Å². The molecule has 19 heavy (non-hydrogen) atoms. The second-order valence-electron chi connectivity index (χ2n) is 4.74. The van der Waals surface area contributed by atoms with Crippen LogP contribution in [-0.4, -0.2) is 17.0 Å². The van der Waals surface area contributed by atoms with Gasteiger partial charge < -0.3 is 14.8 Å². The summed E-state index contributed by atoms with van der Waals surface area (Å²) in [6, 6.07) is 3.27. The lowest BCUT2D eigenvalue weighted by Crippen LogP contribution is -2.39. The molecule has 1 heterocycles. The average molecular weight is 263 g/mol. The third-order valence-electron chi connectivity index (χ3n) is 3.42. The summed E-state index contributed by atoms with van der Waals surface area (Å²) in [6.07, 6.45) is 6.09. The second-order valence-corrected chi connectivity index (χ2v) is 4.74. The van der Waals surface area contributed by atoms with Crippen molar-refractivity contribution < 1.29 is 19.1 Å². The first kappa shape index (κ1) is 13.4. The van der Waals surface area contributed by atoms with E-state index in [2.05, 4.69) is 5.32 Å². The summed E-state index contributed by atoms with van der Waals surface area (Å²) in [5.74, 6) is -1.66. The Balaban J connectivity index is 2.02. The minimum absolute atomic E-state index is 0.236. The molecule has 102 valence electrons. The molecular weight excluding hydrogens is 246 g/mol. The van der Waals surface area contributed by atoms with E-state index in [1.807, 2.05) is 19.1 Å². The van der Waals surface area contributed by atoms with Crippen molar-refractivity contribution in [1.29, 1.82) is 0 Å². The molecule has 0 aromatic carbocycles. The number of hydrogen-bond donors (Lipinski definition) is 2. The van der Waals surface area contributed by atoms with Gasteiger partial charge in [0.05, 0.1) is 24.1 Å². The first-order valence-electron chi connectivity index (χ1n) is 6.31. The van der Waals surface area contributed by atoms with Crippen LogP contribution >= 0.6 is 0 Å². The molecule has 5 nitrogen and oxygen atoms in total. The number of rotatable bonds is 4. The Hall–Kier alpha value is -2.04. The minimum Gasteiger partial charge on any atom is -0.481 e. The SMILES string of the molecule is CC(NC(=O)[C@@H]1CC=CC[C@@H]1C(=O)O)c1ccco1. The molecule has 1 aliphatic rings. The van der Waals surface area contributed by atoms with Crippen LogP contribution in [0, 0.1) is 11.8 Å². The maximum atomic E-state index is 12.2. The number of carboxylic acids is 1. The van der Waals surface area contributed by atoms with Crippen LogP contribution in [0.1, 0.15) is 31.6 Å². The number of allylic oxidation sites excluding steroid dienone is 2. The van der Waals surface area contributed by atoms with Gasteiger partial charge in [0.15, 0.2) is 0 Å². The summed E-state index contributed by atoms with van der Waals surface area (Å²) in [5, 5.41) is 12.0. The zero-order chi connectivity index (χ0) is 13.8. The Bertz CT molecular complexity index is 478. The zero-order valence-electron chi connectivity index (χ0n) is 10.7. The molecule has 1 amide bonds. The summed E-state index contributed by atoms with van der Waals surface area (Å²) in [5.41, 5.74) is 0. The van der Waals surface area contributed by atoms with Crippen molar-refractivity contribution >= 4 is 11.9 Å². The van der Waals surface area contributed by atoms with E-state index in [0.29, 0.717) is 18.6 Å². The molecule has 1 aromatic rings. The summed E-state index contributed by atoms with van der Waals surface area (Å²) < 4.78 is 5.21. The van der Waals surface area contributed by atoms with Crippen LogP contribution < -0.4 is 5.32 Å². The van der Waals surface area contributed by atoms with Gasteiger partial charge in [0.25, 0.3) is 0 Å². The highest BCUT2D eigenvalue weighted by Gasteiger charge is 2.34. The highest BCUT2D eigenvalue weighted by atomic mass is 16.4. The molecule has 0 aliphatic heterocycles. The number of carbonyl (C=O) groups is 2. The van der Waals surface area contributed by atoms with Crippen LogP contribution in [0.15, 0.2) is 35.0 Å². The highest BCUT2D eigenvalue weighted by Crippen LogP contribution is 2.27. The molecule has 5 heteroatoms. The Kier molecular flexibility index (Phi) is 4.04. The first-order chi connectivity index (χ1) is 9.09. The van der Waals surface area contributed by atoms with Gasteiger partial charge in [-0.1, -0.05) is 12.2 Å². The van der Waals surface area contributed by atoms with Crippen molar-refractivity contribution in [2.24, 2.45) is 11.8 Å². The number of amides is 1. The third-order valence-corrected chi connectivity index (χ3v) is 3.42. The lowest BCUT2D eigenvalue weighted by molar-refractivity contribution is -0.147. The second kappa shape index (κ2) is 5.73. The fraction of sp³-hybridized carbons (Fsp3) is 0.429. The quantitative estimate of drug-likeness (QED) is 0.815. The predicted molar refractivity (Wildman–Crippen MR) is 68.3 cm³/mol. The van der Waals surface area contributed by atoms with Crippen LogP contribution in [0.25, 0.3) is 0 Å². The molecule has 3 atom stereocenters. The largest absolute Gasteiger partial charge is 0.481 e. The molecule has 1 aliphatic carbocycles.